The van der Waals surface area contributed by atoms with E-state index in [-0.39, 0.29) is 11.5 Å². The average molecular weight is 328 g/mol. The van der Waals surface area contributed by atoms with Crippen molar-refractivity contribution < 1.29 is 14.6 Å². The van der Waals surface area contributed by atoms with Gasteiger partial charge in [-0.2, -0.15) is 0 Å². The van der Waals surface area contributed by atoms with Crippen molar-refractivity contribution in [1.29, 1.82) is 0 Å². The third-order valence-electron chi connectivity index (χ3n) is 5.24. The summed E-state index contributed by atoms with van der Waals surface area (Å²) in [5.41, 5.74) is 2.44. The molecular weight excluding hydrogens is 300 g/mol. The summed E-state index contributed by atoms with van der Waals surface area (Å²) >= 11 is 0. The minimum Gasteiger partial charge on any atom is -0.507 e. The predicted molar refractivity (Wildman–Crippen MR) is 96.4 cm³/mol. The van der Waals surface area contributed by atoms with E-state index in [0.717, 1.165) is 40.9 Å². The topological polar surface area (TPSA) is 46.5 Å². The Bertz CT molecular complexity index is 723. The van der Waals surface area contributed by atoms with Crippen LogP contribution in [0, 0.1) is 5.41 Å². The number of ether oxygens (including phenoxy) is 1. The van der Waals surface area contributed by atoms with Gasteiger partial charge in [-0.25, -0.2) is 0 Å². The minimum atomic E-state index is -0.651. The zero-order chi connectivity index (χ0) is 17.7. The number of aromatic hydroxyl groups is 1. The number of Topliss-reactive ketones (excluding diaryl/α,β-unsaturated/α-hetero) is 1. The molecule has 3 rings (SSSR count). The Labute approximate surface area is 144 Å². The van der Waals surface area contributed by atoms with Gasteiger partial charge in [-0.1, -0.05) is 33.6 Å². The number of unbranched alkanes of at least 4 members (excludes halogenated alkanes) is 2. The molecule has 0 unspecified atom stereocenters. The zero-order valence-corrected chi connectivity index (χ0v) is 15.5. The molecule has 0 spiro atoms. The summed E-state index contributed by atoms with van der Waals surface area (Å²) in [6.07, 6.45) is 5.06. The van der Waals surface area contributed by atoms with Crippen molar-refractivity contribution in [1.82, 2.24) is 0 Å². The van der Waals surface area contributed by atoms with Crippen molar-refractivity contribution in [2.45, 2.75) is 72.3 Å². The van der Waals surface area contributed by atoms with E-state index in [2.05, 4.69) is 6.92 Å². The van der Waals surface area contributed by atoms with Gasteiger partial charge >= 0.3 is 0 Å². The molecule has 2 aliphatic rings. The first-order valence-electron chi connectivity index (χ1n) is 9.01. The smallest absolute Gasteiger partial charge is 0.169 e. The molecule has 0 aromatic heterocycles. The predicted octanol–water partition coefficient (Wildman–Crippen LogP) is 5.05. The van der Waals surface area contributed by atoms with Gasteiger partial charge in [-0.15, -0.1) is 0 Å². The molecule has 3 heteroatoms. The Morgan fingerprint density at radius 3 is 2.54 bits per heavy atom. The van der Waals surface area contributed by atoms with Gasteiger partial charge in [0.1, 0.15) is 17.1 Å². The second-order valence-corrected chi connectivity index (χ2v) is 8.30. The molecule has 0 saturated carbocycles. The van der Waals surface area contributed by atoms with Gasteiger partial charge in [0.25, 0.3) is 0 Å². The second kappa shape index (κ2) is 5.65. The molecule has 1 aromatic carbocycles. The van der Waals surface area contributed by atoms with Gasteiger partial charge in [-0.3, -0.25) is 4.79 Å². The highest BCUT2D eigenvalue weighted by Crippen LogP contribution is 2.55. The van der Waals surface area contributed by atoms with Gasteiger partial charge in [0.05, 0.1) is 5.56 Å². The minimum absolute atomic E-state index is 0.138. The highest BCUT2D eigenvalue weighted by Gasteiger charge is 2.50. The fourth-order valence-corrected chi connectivity index (χ4v) is 4.03. The number of phenolic OH excluding ortho intramolecular Hbond substituents is 1. The monoisotopic (exact) mass is 328 g/mol. The zero-order valence-electron chi connectivity index (χ0n) is 15.5. The molecule has 0 saturated heterocycles. The van der Waals surface area contributed by atoms with E-state index in [1.165, 1.54) is 12.8 Å². The number of aryl methyl sites for hydroxylation is 1. The molecule has 0 fully saturated rings. The number of phenols is 1. The highest BCUT2D eigenvalue weighted by atomic mass is 16.5. The van der Waals surface area contributed by atoms with Gasteiger partial charge in [0.2, 0.25) is 0 Å². The van der Waals surface area contributed by atoms with Crippen LogP contribution in [0.5, 0.6) is 11.5 Å². The lowest BCUT2D eigenvalue weighted by atomic mass is 9.84. The standard InChI is InChI=1S/C21H28O3/c1-6-7-8-9-13-10-15(22)17-14-12-20(2,3)19(23)18(14)21(4,5)24-16(17)11-13/h10-11,22H,6-9,12H2,1-5H3. The highest BCUT2D eigenvalue weighted by molar-refractivity contribution is 6.13. The van der Waals surface area contributed by atoms with Crippen LogP contribution in [0.3, 0.4) is 0 Å². The molecule has 1 aromatic rings. The lowest BCUT2D eigenvalue weighted by Crippen LogP contribution is -2.38. The SMILES string of the molecule is CCCCCc1cc(O)c2c(c1)OC(C)(C)C1=C2CC(C)(C)C1=O. The largest absolute Gasteiger partial charge is 0.507 e. The molecule has 1 N–H and O–H groups in total. The number of carbonyl (C=O) groups excluding carboxylic acids is 1. The molecule has 24 heavy (non-hydrogen) atoms. The summed E-state index contributed by atoms with van der Waals surface area (Å²) < 4.78 is 6.19. The molecule has 0 atom stereocenters. The van der Waals surface area contributed by atoms with Gasteiger partial charge in [0.15, 0.2) is 5.78 Å². The summed E-state index contributed by atoms with van der Waals surface area (Å²) in [7, 11) is 0. The van der Waals surface area contributed by atoms with Crippen LogP contribution in [0.15, 0.2) is 17.7 Å². The molecule has 1 aliphatic carbocycles. The first-order chi connectivity index (χ1) is 11.2. The summed E-state index contributed by atoms with van der Waals surface area (Å²) in [4.78, 5) is 12.8. The van der Waals surface area contributed by atoms with Crippen molar-refractivity contribution in [3.8, 4) is 11.5 Å². The van der Waals surface area contributed by atoms with E-state index in [4.69, 9.17) is 4.74 Å². The number of ketones is 1. The van der Waals surface area contributed by atoms with E-state index < -0.39 is 11.0 Å². The van der Waals surface area contributed by atoms with Crippen LogP contribution >= 0.6 is 0 Å². The molecule has 1 heterocycles. The first-order valence-corrected chi connectivity index (χ1v) is 9.01. The maximum absolute atomic E-state index is 12.8. The molecule has 0 amide bonds. The Balaban J connectivity index is 2.07. The maximum atomic E-state index is 12.8. The number of fused-ring (bicyclic) bond motifs is 2. The summed E-state index contributed by atoms with van der Waals surface area (Å²) in [5, 5.41) is 10.6. The second-order valence-electron chi connectivity index (χ2n) is 8.30. The number of rotatable bonds is 4. The fraction of sp³-hybridized carbons (Fsp3) is 0.571. The van der Waals surface area contributed by atoms with Gasteiger partial charge in [-0.05, 0) is 56.4 Å². The number of hydrogen-bond acceptors (Lipinski definition) is 3. The molecule has 3 nitrogen and oxygen atoms in total. The quantitative estimate of drug-likeness (QED) is 0.787. The molecule has 0 radical (unpaired) electrons. The van der Waals surface area contributed by atoms with Crippen LogP contribution in [-0.2, 0) is 11.2 Å². The lowest BCUT2D eigenvalue weighted by Gasteiger charge is -2.34. The number of benzene rings is 1. The van der Waals surface area contributed by atoms with Crippen LogP contribution in [0.25, 0.3) is 5.57 Å². The molecule has 1 aliphatic heterocycles. The van der Waals surface area contributed by atoms with Crippen LogP contribution < -0.4 is 4.74 Å². The summed E-state index contributed by atoms with van der Waals surface area (Å²) in [6, 6.07) is 3.89. The summed E-state index contributed by atoms with van der Waals surface area (Å²) in [5.74, 6) is 1.10. The normalized spacial score (nSPS) is 20.6. The van der Waals surface area contributed by atoms with Crippen molar-refractivity contribution in [2.75, 3.05) is 0 Å². The van der Waals surface area contributed by atoms with Crippen LogP contribution in [0.1, 0.15) is 71.4 Å². The molecular formula is C21H28O3. The third kappa shape index (κ3) is 2.64. The Hall–Kier alpha value is -1.77. The Morgan fingerprint density at radius 2 is 1.88 bits per heavy atom. The average Bonchev–Trinajstić information content (AvgIpc) is 2.69. The van der Waals surface area contributed by atoms with E-state index in [0.29, 0.717) is 6.42 Å². The Kier molecular flexibility index (Phi) is 4.01. The van der Waals surface area contributed by atoms with Gasteiger partial charge < -0.3 is 9.84 Å². The summed E-state index contributed by atoms with van der Waals surface area (Å²) in [6.45, 7) is 10.0. The van der Waals surface area contributed by atoms with Crippen molar-refractivity contribution in [3.05, 3.63) is 28.8 Å². The number of hydrogen-bond donors (Lipinski definition) is 1. The van der Waals surface area contributed by atoms with E-state index >= 15 is 0 Å². The van der Waals surface area contributed by atoms with Crippen LogP contribution in [0.2, 0.25) is 0 Å². The number of carbonyl (C=O) groups is 1. The van der Waals surface area contributed by atoms with Crippen molar-refractivity contribution in [3.63, 3.8) is 0 Å². The van der Waals surface area contributed by atoms with Crippen LogP contribution in [0.4, 0.5) is 0 Å². The molecule has 0 bridgehead atoms. The number of allylic oxidation sites excluding steroid dienone is 1. The van der Waals surface area contributed by atoms with Crippen molar-refractivity contribution >= 4 is 11.4 Å². The van der Waals surface area contributed by atoms with E-state index in [1.807, 2.05) is 39.8 Å². The van der Waals surface area contributed by atoms with Gasteiger partial charge in [0, 0.05) is 11.0 Å². The van der Waals surface area contributed by atoms with Crippen LogP contribution in [-0.4, -0.2) is 16.5 Å². The maximum Gasteiger partial charge on any atom is 0.169 e. The van der Waals surface area contributed by atoms with E-state index in [9.17, 15) is 9.90 Å². The lowest BCUT2D eigenvalue weighted by molar-refractivity contribution is -0.123. The first kappa shape index (κ1) is 17.1. The van der Waals surface area contributed by atoms with E-state index in [1.54, 1.807) is 0 Å². The Morgan fingerprint density at radius 1 is 1.17 bits per heavy atom. The third-order valence-corrected chi connectivity index (χ3v) is 5.24. The fourth-order valence-electron chi connectivity index (χ4n) is 4.03. The van der Waals surface area contributed by atoms with Crippen molar-refractivity contribution in [2.24, 2.45) is 5.41 Å². The molecule has 130 valence electrons.